The molecule has 0 aromatic heterocycles. The highest BCUT2D eigenvalue weighted by Crippen LogP contribution is 2.34. The molecule has 6 heteroatoms. The number of likely N-dealkylation sites (N-methyl/N-ethyl adjacent to an activating group) is 1. The van der Waals surface area contributed by atoms with Gasteiger partial charge in [-0.3, -0.25) is 9.69 Å². The van der Waals surface area contributed by atoms with Crippen molar-refractivity contribution in [1.29, 1.82) is 0 Å². The lowest BCUT2D eigenvalue weighted by Gasteiger charge is -2.12. The maximum atomic E-state index is 13.9. The Morgan fingerprint density at radius 2 is 1.88 bits per heavy atom. The third kappa shape index (κ3) is 3.96. The van der Waals surface area contributed by atoms with E-state index in [-0.39, 0.29) is 11.6 Å². The first-order chi connectivity index (χ1) is 12.6. The van der Waals surface area contributed by atoms with E-state index in [4.69, 9.17) is 4.74 Å². The Balaban J connectivity index is 1.88. The molecule has 0 radical (unpaired) electrons. The molecule has 3 rings (SSSR count). The van der Waals surface area contributed by atoms with Crippen LogP contribution in [0.3, 0.4) is 0 Å². The molecule has 0 saturated carbocycles. The van der Waals surface area contributed by atoms with Crippen molar-refractivity contribution in [2.75, 3.05) is 13.2 Å². The van der Waals surface area contributed by atoms with Crippen LogP contribution in [0.4, 0.5) is 10.1 Å². The number of thioether (sulfide) groups is 1. The molecule has 1 amide bonds. The van der Waals surface area contributed by atoms with Gasteiger partial charge in [0, 0.05) is 6.54 Å². The van der Waals surface area contributed by atoms with Crippen LogP contribution in [0.5, 0.6) is 5.75 Å². The zero-order valence-corrected chi connectivity index (χ0v) is 15.4. The molecule has 0 atom stereocenters. The molecule has 0 spiro atoms. The van der Waals surface area contributed by atoms with Crippen molar-refractivity contribution in [3.63, 3.8) is 0 Å². The van der Waals surface area contributed by atoms with Gasteiger partial charge in [0.15, 0.2) is 5.17 Å². The molecule has 0 N–H and O–H groups in total. The monoisotopic (exact) mass is 370 g/mol. The number of amidine groups is 1. The molecule has 4 nitrogen and oxygen atoms in total. The van der Waals surface area contributed by atoms with E-state index >= 15 is 0 Å². The van der Waals surface area contributed by atoms with Gasteiger partial charge in [-0.05, 0) is 61.5 Å². The van der Waals surface area contributed by atoms with E-state index in [0.717, 1.165) is 11.3 Å². The second-order valence-corrected chi connectivity index (χ2v) is 6.52. The Labute approximate surface area is 156 Å². The zero-order chi connectivity index (χ0) is 18.5. The van der Waals surface area contributed by atoms with Crippen LogP contribution in [0.2, 0.25) is 0 Å². The van der Waals surface area contributed by atoms with Crippen LogP contribution >= 0.6 is 11.8 Å². The van der Waals surface area contributed by atoms with E-state index < -0.39 is 5.82 Å². The van der Waals surface area contributed by atoms with Crippen molar-refractivity contribution in [2.45, 2.75) is 13.8 Å². The number of benzene rings is 2. The van der Waals surface area contributed by atoms with Crippen LogP contribution in [0.25, 0.3) is 6.08 Å². The summed E-state index contributed by atoms with van der Waals surface area (Å²) in [5.41, 5.74) is 1.12. The average Bonchev–Trinajstić information content (AvgIpc) is 2.93. The molecule has 0 unspecified atom stereocenters. The Bertz CT molecular complexity index is 862. The molecule has 1 aliphatic heterocycles. The topological polar surface area (TPSA) is 41.9 Å². The largest absolute Gasteiger partial charge is 0.494 e. The average molecular weight is 370 g/mol. The Hall–Kier alpha value is -2.60. The molecule has 1 aliphatic rings. The van der Waals surface area contributed by atoms with Crippen molar-refractivity contribution >= 4 is 34.6 Å². The number of hydrogen-bond donors (Lipinski definition) is 0. The van der Waals surface area contributed by atoms with E-state index in [0.29, 0.717) is 23.2 Å². The lowest BCUT2D eigenvalue weighted by Crippen LogP contribution is -2.28. The number of carbonyl (C=O) groups excluding carboxylic acids is 1. The minimum absolute atomic E-state index is 0.124. The first kappa shape index (κ1) is 18.2. The minimum atomic E-state index is -0.409. The number of ether oxygens (including phenoxy) is 1. The number of halogens is 1. The summed E-state index contributed by atoms with van der Waals surface area (Å²) in [4.78, 5) is 19.1. The van der Waals surface area contributed by atoms with Gasteiger partial charge >= 0.3 is 0 Å². The van der Waals surface area contributed by atoms with E-state index in [1.165, 1.54) is 17.8 Å². The summed E-state index contributed by atoms with van der Waals surface area (Å²) in [5.74, 6) is 0.256. The molecule has 134 valence electrons. The first-order valence-corrected chi connectivity index (χ1v) is 9.21. The maximum absolute atomic E-state index is 13.9. The zero-order valence-electron chi connectivity index (χ0n) is 14.6. The number of nitrogens with zero attached hydrogens (tertiary/aromatic N) is 2. The normalized spacial score (nSPS) is 17.3. The number of aliphatic imine (C=N–C) groups is 1. The molecule has 1 fully saturated rings. The Morgan fingerprint density at radius 3 is 2.54 bits per heavy atom. The number of hydrogen-bond acceptors (Lipinski definition) is 4. The number of rotatable bonds is 5. The summed E-state index contributed by atoms with van der Waals surface area (Å²) in [6.45, 7) is 4.88. The summed E-state index contributed by atoms with van der Waals surface area (Å²) in [6, 6.07) is 13.8. The third-order valence-corrected chi connectivity index (χ3v) is 4.77. The van der Waals surface area contributed by atoms with Crippen molar-refractivity contribution in [2.24, 2.45) is 4.99 Å². The number of amides is 1. The van der Waals surface area contributed by atoms with E-state index in [2.05, 4.69) is 4.99 Å². The van der Waals surface area contributed by atoms with Crippen molar-refractivity contribution in [3.05, 3.63) is 64.8 Å². The number of carbonyl (C=O) groups is 1. The van der Waals surface area contributed by atoms with Gasteiger partial charge in [0.2, 0.25) is 0 Å². The molecule has 0 aliphatic carbocycles. The SMILES string of the molecule is CCOc1ccc(/C=C2/SC(=Nc3ccccc3F)N(CC)C2=O)cc1. The van der Waals surface area contributed by atoms with Gasteiger partial charge in [-0.15, -0.1) is 0 Å². The van der Waals surface area contributed by atoms with Gasteiger partial charge in [0.25, 0.3) is 5.91 Å². The smallest absolute Gasteiger partial charge is 0.266 e. The highest BCUT2D eigenvalue weighted by Gasteiger charge is 2.32. The van der Waals surface area contributed by atoms with Gasteiger partial charge in [0.05, 0.1) is 11.5 Å². The molecule has 1 saturated heterocycles. The Morgan fingerprint density at radius 1 is 1.15 bits per heavy atom. The Kier molecular flexibility index (Phi) is 5.73. The van der Waals surface area contributed by atoms with Gasteiger partial charge in [-0.2, -0.15) is 0 Å². The van der Waals surface area contributed by atoms with Gasteiger partial charge in [0.1, 0.15) is 17.3 Å². The fraction of sp³-hybridized carbons (Fsp3) is 0.200. The minimum Gasteiger partial charge on any atom is -0.494 e. The van der Waals surface area contributed by atoms with Crippen LogP contribution in [0.1, 0.15) is 19.4 Å². The summed E-state index contributed by atoms with van der Waals surface area (Å²) in [5, 5.41) is 0.486. The predicted octanol–water partition coefficient (Wildman–Crippen LogP) is 4.85. The van der Waals surface area contributed by atoms with Gasteiger partial charge < -0.3 is 4.74 Å². The predicted molar refractivity (Wildman–Crippen MR) is 104 cm³/mol. The van der Waals surface area contributed by atoms with Crippen molar-refractivity contribution in [3.8, 4) is 5.75 Å². The van der Waals surface area contributed by atoms with Crippen LogP contribution in [0, 0.1) is 5.82 Å². The summed E-state index contributed by atoms with van der Waals surface area (Å²) in [7, 11) is 0. The third-order valence-electron chi connectivity index (χ3n) is 3.76. The fourth-order valence-corrected chi connectivity index (χ4v) is 3.55. The summed E-state index contributed by atoms with van der Waals surface area (Å²) >= 11 is 1.25. The summed E-state index contributed by atoms with van der Waals surface area (Å²) < 4.78 is 19.3. The van der Waals surface area contributed by atoms with Crippen LogP contribution in [0.15, 0.2) is 58.4 Å². The lowest BCUT2D eigenvalue weighted by atomic mass is 10.2. The molecule has 26 heavy (non-hydrogen) atoms. The van der Waals surface area contributed by atoms with Gasteiger partial charge in [-0.1, -0.05) is 24.3 Å². The van der Waals surface area contributed by atoms with Crippen LogP contribution < -0.4 is 4.74 Å². The van der Waals surface area contributed by atoms with E-state index in [9.17, 15) is 9.18 Å². The van der Waals surface area contributed by atoms with Crippen molar-refractivity contribution < 1.29 is 13.9 Å². The first-order valence-electron chi connectivity index (χ1n) is 8.40. The van der Waals surface area contributed by atoms with Crippen molar-refractivity contribution in [1.82, 2.24) is 4.90 Å². The molecule has 0 bridgehead atoms. The molecule has 1 heterocycles. The molecular formula is C20H19FN2O2S. The number of para-hydroxylation sites is 1. The standard InChI is InChI=1S/C20H19FN2O2S/c1-3-23-19(24)18(13-14-9-11-15(12-10-14)25-4-2)26-20(23)22-17-8-6-5-7-16(17)21/h5-13H,3-4H2,1-2H3/b18-13+,22-20?. The highest BCUT2D eigenvalue weighted by molar-refractivity contribution is 8.18. The van der Waals surface area contributed by atoms with Crippen LogP contribution in [-0.4, -0.2) is 29.1 Å². The highest BCUT2D eigenvalue weighted by atomic mass is 32.2. The molecule has 2 aromatic rings. The van der Waals surface area contributed by atoms with E-state index in [1.807, 2.05) is 44.2 Å². The molecular weight excluding hydrogens is 351 g/mol. The van der Waals surface area contributed by atoms with Gasteiger partial charge in [-0.25, -0.2) is 9.38 Å². The quantitative estimate of drug-likeness (QED) is 0.707. The fourth-order valence-electron chi connectivity index (χ4n) is 2.49. The summed E-state index contributed by atoms with van der Waals surface area (Å²) in [6.07, 6.45) is 1.81. The molecule has 2 aromatic carbocycles. The second kappa shape index (κ2) is 8.19. The van der Waals surface area contributed by atoms with Crippen LogP contribution in [-0.2, 0) is 4.79 Å². The maximum Gasteiger partial charge on any atom is 0.266 e. The van der Waals surface area contributed by atoms with E-state index in [1.54, 1.807) is 23.1 Å². The lowest BCUT2D eigenvalue weighted by molar-refractivity contribution is -0.122. The second-order valence-electron chi connectivity index (χ2n) is 5.51.